The predicted molar refractivity (Wildman–Crippen MR) is 86.2 cm³/mol. The molecule has 122 valence electrons. The Labute approximate surface area is 132 Å². The number of nitrogens with zero attached hydrogens (tertiary/aromatic N) is 1. The molecule has 2 saturated heterocycles. The van der Waals surface area contributed by atoms with E-state index >= 15 is 0 Å². The Hall–Kier alpha value is -0.950. The second-order valence-corrected chi connectivity index (χ2v) is 8.23. The molecule has 2 heterocycles. The monoisotopic (exact) mass is 324 g/mol. The third kappa shape index (κ3) is 4.07. The second kappa shape index (κ2) is 6.66. The lowest BCUT2D eigenvalue weighted by molar-refractivity contribution is 0.0164. The first-order valence-electron chi connectivity index (χ1n) is 7.82. The topological polar surface area (TPSA) is 58.6 Å². The maximum atomic E-state index is 11.5. The van der Waals surface area contributed by atoms with E-state index in [4.69, 9.17) is 4.74 Å². The van der Waals surface area contributed by atoms with Gasteiger partial charge in [-0.2, -0.15) is 0 Å². The fraction of sp³-hybridized carbons (Fsp3) is 0.625. The lowest BCUT2D eigenvalue weighted by Gasteiger charge is -2.32. The molecule has 22 heavy (non-hydrogen) atoms. The summed E-state index contributed by atoms with van der Waals surface area (Å²) >= 11 is 0. The van der Waals surface area contributed by atoms with Gasteiger partial charge in [0.25, 0.3) is 0 Å². The van der Waals surface area contributed by atoms with Crippen molar-refractivity contribution in [3.8, 4) is 0 Å². The number of rotatable bonds is 5. The summed E-state index contributed by atoms with van der Waals surface area (Å²) in [7, 11) is -3.18. The van der Waals surface area contributed by atoms with Crippen LogP contribution in [0.4, 0.5) is 0 Å². The molecule has 2 fully saturated rings. The van der Waals surface area contributed by atoms with Crippen LogP contribution in [0, 0.1) is 11.8 Å². The lowest BCUT2D eigenvalue weighted by atomic mass is 9.88. The predicted octanol–water partition coefficient (Wildman–Crippen LogP) is 0.725. The van der Waals surface area contributed by atoms with Crippen LogP contribution in [0.3, 0.4) is 0 Å². The van der Waals surface area contributed by atoms with E-state index in [1.165, 1.54) is 11.8 Å². The molecule has 0 radical (unpaired) electrons. The quantitative estimate of drug-likeness (QED) is 0.867. The third-order valence-electron chi connectivity index (χ3n) is 4.64. The van der Waals surface area contributed by atoms with Gasteiger partial charge in [0.15, 0.2) is 0 Å². The Morgan fingerprint density at radius 2 is 2.00 bits per heavy atom. The van der Waals surface area contributed by atoms with Crippen LogP contribution in [0.5, 0.6) is 0 Å². The van der Waals surface area contributed by atoms with E-state index in [1.807, 2.05) is 6.07 Å². The fourth-order valence-corrected chi connectivity index (χ4v) is 4.39. The van der Waals surface area contributed by atoms with Crippen molar-refractivity contribution in [3.63, 3.8) is 0 Å². The van der Waals surface area contributed by atoms with Gasteiger partial charge < -0.3 is 9.64 Å². The molecule has 3 rings (SSSR count). The van der Waals surface area contributed by atoms with Gasteiger partial charge in [0.2, 0.25) is 10.0 Å². The molecule has 0 bridgehead atoms. The molecule has 0 amide bonds. The Balaban J connectivity index is 1.57. The number of hydrogen-bond donors (Lipinski definition) is 1. The van der Waals surface area contributed by atoms with Crippen LogP contribution in [0.15, 0.2) is 30.3 Å². The van der Waals surface area contributed by atoms with Crippen LogP contribution in [0.25, 0.3) is 0 Å². The van der Waals surface area contributed by atoms with Crippen LogP contribution in [0.1, 0.15) is 5.56 Å². The highest BCUT2D eigenvalue weighted by Crippen LogP contribution is 2.30. The van der Waals surface area contributed by atoms with E-state index in [-0.39, 0.29) is 6.04 Å². The minimum absolute atomic E-state index is 0.0875. The van der Waals surface area contributed by atoms with E-state index < -0.39 is 10.0 Å². The summed E-state index contributed by atoms with van der Waals surface area (Å²) < 4.78 is 31.3. The molecular formula is C16H24N2O3S. The molecule has 5 nitrogen and oxygen atoms in total. The smallest absolute Gasteiger partial charge is 0.209 e. The fourth-order valence-electron chi connectivity index (χ4n) is 3.60. The molecule has 6 heteroatoms. The van der Waals surface area contributed by atoms with Crippen LogP contribution >= 0.6 is 0 Å². The number of benzene rings is 1. The van der Waals surface area contributed by atoms with Crippen LogP contribution in [-0.2, 0) is 21.2 Å². The molecule has 1 aromatic rings. The molecule has 2 aliphatic rings. The van der Waals surface area contributed by atoms with Gasteiger partial charge in [-0.3, -0.25) is 0 Å². The Bertz CT molecular complexity index is 591. The maximum Gasteiger partial charge on any atom is 0.209 e. The number of nitrogens with one attached hydrogen (secondary N) is 1. The lowest BCUT2D eigenvalue weighted by Crippen LogP contribution is -2.49. The summed E-state index contributed by atoms with van der Waals surface area (Å²) in [5.74, 6) is 0.794. The van der Waals surface area contributed by atoms with Gasteiger partial charge in [-0.1, -0.05) is 30.3 Å². The van der Waals surface area contributed by atoms with Crippen LogP contribution in [-0.4, -0.2) is 58.5 Å². The van der Waals surface area contributed by atoms with Gasteiger partial charge in [0.1, 0.15) is 0 Å². The second-order valence-electron chi connectivity index (χ2n) is 6.45. The third-order valence-corrected chi connectivity index (χ3v) is 5.37. The van der Waals surface area contributed by atoms with Gasteiger partial charge in [-0.15, -0.1) is 0 Å². The van der Waals surface area contributed by atoms with Crippen molar-refractivity contribution in [2.75, 3.05) is 39.1 Å². The highest BCUT2D eigenvalue weighted by molar-refractivity contribution is 7.88. The normalized spacial score (nSPS) is 29.4. The zero-order valence-corrected chi connectivity index (χ0v) is 13.8. The Morgan fingerprint density at radius 3 is 2.73 bits per heavy atom. The van der Waals surface area contributed by atoms with Crippen molar-refractivity contribution < 1.29 is 13.2 Å². The van der Waals surface area contributed by atoms with Crippen molar-refractivity contribution in [2.45, 2.75) is 12.5 Å². The molecule has 0 spiro atoms. The van der Waals surface area contributed by atoms with Gasteiger partial charge in [-0.05, 0) is 17.9 Å². The molecule has 3 atom stereocenters. The van der Waals surface area contributed by atoms with E-state index in [0.717, 1.165) is 32.7 Å². The van der Waals surface area contributed by atoms with E-state index in [9.17, 15) is 8.42 Å². The Kier molecular flexibility index (Phi) is 4.82. The van der Waals surface area contributed by atoms with E-state index in [1.54, 1.807) is 0 Å². The van der Waals surface area contributed by atoms with Crippen molar-refractivity contribution in [1.29, 1.82) is 0 Å². The SMILES string of the molecule is CS(=O)(=O)N[C@@H]1COC[C@@H]2CN(CCc3ccccc3)C[C@@H]21. The summed E-state index contributed by atoms with van der Waals surface area (Å²) in [6, 6.07) is 10.4. The molecular weight excluding hydrogens is 300 g/mol. The first-order chi connectivity index (χ1) is 10.5. The number of likely N-dealkylation sites (tertiary alicyclic amines) is 1. The van der Waals surface area contributed by atoms with Crippen LogP contribution < -0.4 is 4.72 Å². The number of ether oxygens (including phenoxy) is 1. The van der Waals surface area contributed by atoms with Gasteiger partial charge in [0, 0.05) is 31.6 Å². The average Bonchev–Trinajstić information content (AvgIpc) is 2.89. The zero-order chi connectivity index (χ0) is 15.6. The number of hydrogen-bond acceptors (Lipinski definition) is 4. The molecule has 0 aliphatic carbocycles. The summed E-state index contributed by atoms with van der Waals surface area (Å²) in [5, 5.41) is 0. The largest absolute Gasteiger partial charge is 0.379 e. The molecule has 2 aliphatic heterocycles. The summed E-state index contributed by atoms with van der Waals surface area (Å²) in [4.78, 5) is 2.44. The van der Waals surface area contributed by atoms with E-state index in [2.05, 4.69) is 33.9 Å². The molecule has 1 N–H and O–H groups in total. The molecule has 0 unspecified atom stereocenters. The maximum absolute atomic E-state index is 11.5. The molecule has 0 saturated carbocycles. The highest BCUT2D eigenvalue weighted by Gasteiger charge is 2.41. The van der Waals surface area contributed by atoms with Crippen molar-refractivity contribution in [2.24, 2.45) is 11.8 Å². The van der Waals surface area contributed by atoms with Crippen LogP contribution in [0.2, 0.25) is 0 Å². The minimum Gasteiger partial charge on any atom is -0.379 e. The number of fused-ring (bicyclic) bond motifs is 1. The average molecular weight is 324 g/mol. The first-order valence-corrected chi connectivity index (χ1v) is 9.72. The van der Waals surface area contributed by atoms with E-state index in [0.29, 0.717) is 18.4 Å². The number of sulfonamides is 1. The van der Waals surface area contributed by atoms with Gasteiger partial charge in [0.05, 0.1) is 19.5 Å². The summed E-state index contributed by atoms with van der Waals surface area (Å²) in [6.07, 6.45) is 2.25. The Morgan fingerprint density at radius 1 is 1.23 bits per heavy atom. The molecule has 0 aromatic heterocycles. The summed E-state index contributed by atoms with van der Waals surface area (Å²) in [5.41, 5.74) is 1.35. The van der Waals surface area contributed by atoms with Gasteiger partial charge in [-0.25, -0.2) is 13.1 Å². The van der Waals surface area contributed by atoms with Gasteiger partial charge >= 0.3 is 0 Å². The first kappa shape index (κ1) is 15.9. The minimum atomic E-state index is -3.18. The zero-order valence-electron chi connectivity index (χ0n) is 12.9. The standard InChI is InChI=1S/C16H24N2O3S/c1-22(19,20)17-16-12-21-11-14-9-18(10-15(14)16)8-7-13-5-3-2-4-6-13/h2-6,14-17H,7-12H2,1H3/t14-,15-,16+/m0/s1. The highest BCUT2D eigenvalue weighted by atomic mass is 32.2. The molecule has 1 aromatic carbocycles. The van der Waals surface area contributed by atoms with Crippen molar-refractivity contribution >= 4 is 10.0 Å². The summed E-state index contributed by atoms with van der Waals surface area (Å²) in [6.45, 7) is 4.20. The van der Waals surface area contributed by atoms with Crippen molar-refractivity contribution in [3.05, 3.63) is 35.9 Å². The van der Waals surface area contributed by atoms with Crippen molar-refractivity contribution in [1.82, 2.24) is 9.62 Å².